The molecule has 1 N–H and O–H groups in total. The zero-order valence-corrected chi connectivity index (χ0v) is 19.4. The van der Waals surface area contributed by atoms with Gasteiger partial charge in [0.15, 0.2) is 5.11 Å². The highest BCUT2D eigenvalue weighted by Gasteiger charge is 2.41. The number of nitrogens with zero attached hydrogens (tertiary/aromatic N) is 4. The Morgan fingerprint density at radius 1 is 1.00 bits per heavy atom. The van der Waals surface area contributed by atoms with Crippen molar-refractivity contribution in [1.82, 2.24) is 24.8 Å². The van der Waals surface area contributed by atoms with Crippen LogP contribution >= 0.6 is 12.2 Å². The molecule has 0 saturated carbocycles. The second-order valence-electron chi connectivity index (χ2n) is 8.05. The molecule has 1 aromatic carbocycles. The lowest BCUT2D eigenvalue weighted by molar-refractivity contribution is 0.301. The van der Waals surface area contributed by atoms with Gasteiger partial charge in [0.2, 0.25) is 0 Å². The number of thiocarbonyl (C=S) groups is 1. The summed E-state index contributed by atoms with van der Waals surface area (Å²) >= 11 is 5.83. The minimum atomic E-state index is -0.0818. The van der Waals surface area contributed by atoms with Gasteiger partial charge < -0.3 is 19.5 Å². The Labute approximate surface area is 198 Å². The molecule has 4 aromatic rings. The SMILES string of the molecule is COc1ccc(-n2c(C)ccc2[C@H]2[C@H](c3ccccn3)NC(=S)N2Cc2cccnc2)cc1. The molecule has 166 valence electrons. The maximum absolute atomic E-state index is 5.83. The van der Waals surface area contributed by atoms with Crippen molar-refractivity contribution in [1.29, 1.82) is 0 Å². The zero-order chi connectivity index (χ0) is 22.8. The molecule has 0 unspecified atom stereocenters. The molecule has 3 aromatic heterocycles. The van der Waals surface area contributed by atoms with Crippen molar-refractivity contribution in [3.63, 3.8) is 0 Å². The van der Waals surface area contributed by atoms with Gasteiger partial charge in [0.1, 0.15) is 5.75 Å². The van der Waals surface area contributed by atoms with Crippen LogP contribution in [0.1, 0.15) is 34.7 Å². The highest BCUT2D eigenvalue weighted by atomic mass is 32.1. The van der Waals surface area contributed by atoms with Gasteiger partial charge in [-0.2, -0.15) is 0 Å². The van der Waals surface area contributed by atoms with Gasteiger partial charge in [0.25, 0.3) is 0 Å². The number of aryl methyl sites for hydroxylation is 1. The van der Waals surface area contributed by atoms with Crippen LogP contribution in [0, 0.1) is 6.92 Å². The van der Waals surface area contributed by atoms with Crippen LogP contribution in [-0.4, -0.2) is 31.7 Å². The highest BCUT2D eigenvalue weighted by molar-refractivity contribution is 7.80. The van der Waals surface area contributed by atoms with Crippen molar-refractivity contribution in [2.75, 3.05) is 7.11 Å². The lowest BCUT2D eigenvalue weighted by atomic mass is 10.0. The van der Waals surface area contributed by atoms with E-state index in [1.165, 1.54) is 0 Å². The summed E-state index contributed by atoms with van der Waals surface area (Å²) in [6.45, 7) is 2.77. The minimum absolute atomic E-state index is 0.0524. The smallest absolute Gasteiger partial charge is 0.170 e. The topological polar surface area (TPSA) is 55.2 Å². The summed E-state index contributed by atoms with van der Waals surface area (Å²) in [6.07, 6.45) is 5.51. The largest absolute Gasteiger partial charge is 0.497 e. The molecule has 1 aliphatic heterocycles. The predicted molar refractivity (Wildman–Crippen MR) is 132 cm³/mol. The third-order valence-electron chi connectivity index (χ3n) is 6.01. The maximum atomic E-state index is 5.83. The third-order valence-corrected chi connectivity index (χ3v) is 6.37. The molecule has 7 heteroatoms. The molecule has 5 rings (SSSR count). The van der Waals surface area contributed by atoms with Gasteiger partial charge >= 0.3 is 0 Å². The molecule has 1 aliphatic rings. The summed E-state index contributed by atoms with van der Waals surface area (Å²) in [6, 6.07) is 22.4. The molecule has 1 saturated heterocycles. The molecule has 0 amide bonds. The van der Waals surface area contributed by atoms with E-state index >= 15 is 0 Å². The molecule has 6 nitrogen and oxygen atoms in total. The minimum Gasteiger partial charge on any atom is -0.497 e. The van der Waals surface area contributed by atoms with Crippen molar-refractivity contribution in [3.8, 4) is 11.4 Å². The van der Waals surface area contributed by atoms with Gasteiger partial charge in [-0.3, -0.25) is 9.97 Å². The quantitative estimate of drug-likeness (QED) is 0.423. The third kappa shape index (κ3) is 4.07. The van der Waals surface area contributed by atoms with Gasteiger partial charge in [0.05, 0.1) is 24.9 Å². The first-order valence-electron chi connectivity index (χ1n) is 10.9. The van der Waals surface area contributed by atoms with E-state index < -0.39 is 0 Å². The molecule has 1 fully saturated rings. The van der Waals surface area contributed by atoms with E-state index in [4.69, 9.17) is 17.0 Å². The lowest BCUT2D eigenvalue weighted by Gasteiger charge is -2.29. The van der Waals surface area contributed by atoms with Crippen LogP contribution in [0.25, 0.3) is 5.69 Å². The number of hydrogen-bond acceptors (Lipinski definition) is 4. The van der Waals surface area contributed by atoms with Crippen LogP contribution in [0.2, 0.25) is 0 Å². The number of hydrogen-bond donors (Lipinski definition) is 1. The molecule has 0 aliphatic carbocycles. The summed E-state index contributed by atoms with van der Waals surface area (Å²) in [4.78, 5) is 11.2. The molecule has 0 bridgehead atoms. The Hall–Kier alpha value is -3.71. The van der Waals surface area contributed by atoms with E-state index in [2.05, 4.69) is 62.0 Å². The number of benzene rings is 1. The van der Waals surface area contributed by atoms with Crippen LogP contribution < -0.4 is 10.1 Å². The number of aromatic nitrogens is 3. The monoisotopic (exact) mass is 455 g/mol. The van der Waals surface area contributed by atoms with E-state index in [1.807, 2.05) is 48.8 Å². The van der Waals surface area contributed by atoms with E-state index in [0.717, 1.165) is 34.1 Å². The standard InChI is InChI=1S/C26H25N5OS/c1-18-8-13-23(31(18)20-9-11-21(32-2)12-10-20)25-24(22-7-3-4-15-28-22)29-26(33)30(25)17-19-6-5-14-27-16-19/h3-16,24-25H,17H2,1-2H3,(H,29,33)/t24-,25-/m0/s1. The van der Waals surface area contributed by atoms with Crippen LogP contribution in [0.4, 0.5) is 0 Å². The predicted octanol–water partition coefficient (Wildman–Crippen LogP) is 4.76. The van der Waals surface area contributed by atoms with E-state index in [1.54, 1.807) is 13.3 Å². The first-order chi connectivity index (χ1) is 16.2. The van der Waals surface area contributed by atoms with Gasteiger partial charge in [-0.15, -0.1) is 0 Å². The van der Waals surface area contributed by atoms with Crippen molar-refractivity contribution >= 4 is 17.3 Å². The Balaban J connectivity index is 1.62. The maximum Gasteiger partial charge on any atom is 0.170 e. The summed E-state index contributed by atoms with van der Waals surface area (Å²) in [5.41, 5.74) is 5.43. The fourth-order valence-corrected chi connectivity index (χ4v) is 4.76. The van der Waals surface area contributed by atoms with Crippen LogP contribution in [0.3, 0.4) is 0 Å². The first kappa shape index (κ1) is 21.2. The van der Waals surface area contributed by atoms with Crippen LogP contribution in [0.5, 0.6) is 5.75 Å². The van der Waals surface area contributed by atoms with E-state index in [0.29, 0.717) is 11.7 Å². The molecule has 33 heavy (non-hydrogen) atoms. The fourth-order valence-electron chi connectivity index (χ4n) is 4.46. The number of rotatable bonds is 6. The number of nitrogens with one attached hydrogen (secondary N) is 1. The first-order valence-corrected chi connectivity index (χ1v) is 11.3. The number of methoxy groups -OCH3 is 1. The molecular weight excluding hydrogens is 430 g/mol. The summed E-state index contributed by atoms with van der Waals surface area (Å²) in [5.74, 6) is 0.832. The number of pyridine rings is 2. The molecule has 4 heterocycles. The highest BCUT2D eigenvalue weighted by Crippen LogP contribution is 2.41. The van der Waals surface area contributed by atoms with Gasteiger partial charge in [-0.25, -0.2) is 0 Å². The second kappa shape index (κ2) is 9.03. The molecule has 0 spiro atoms. The van der Waals surface area contributed by atoms with Crippen molar-refractivity contribution in [2.45, 2.75) is 25.6 Å². The van der Waals surface area contributed by atoms with Crippen molar-refractivity contribution in [3.05, 3.63) is 108 Å². The average Bonchev–Trinajstić information content (AvgIpc) is 3.39. The van der Waals surface area contributed by atoms with Gasteiger partial charge in [0, 0.05) is 42.2 Å². The molecule has 0 radical (unpaired) electrons. The van der Waals surface area contributed by atoms with Crippen molar-refractivity contribution < 1.29 is 4.74 Å². The summed E-state index contributed by atoms with van der Waals surface area (Å²) in [5, 5.41) is 4.24. The fraction of sp³-hybridized carbons (Fsp3) is 0.192. The lowest BCUT2D eigenvalue weighted by Crippen LogP contribution is -2.30. The summed E-state index contributed by atoms with van der Waals surface area (Å²) < 4.78 is 7.64. The van der Waals surface area contributed by atoms with Gasteiger partial charge in [-0.1, -0.05) is 12.1 Å². The van der Waals surface area contributed by atoms with E-state index in [-0.39, 0.29) is 12.1 Å². The van der Waals surface area contributed by atoms with Crippen LogP contribution in [-0.2, 0) is 6.54 Å². The Morgan fingerprint density at radius 2 is 1.85 bits per heavy atom. The molecular formula is C26H25N5OS. The van der Waals surface area contributed by atoms with Crippen LogP contribution in [0.15, 0.2) is 85.3 Å². The Bertz CT molecular complexity index is 1240. The van der Waals surface area contributed by atoms with Gasteiger partial charge in [-0.05, 0) is 79.3 Å². The van der Waals surface area contributed by atoms with E-state index in [9.17, 15) is 0 Å². The second-order valence-corrected chi connectivity index (χ2v) is 8.44. The summed E-state index contributed by atoms with van der Waals surface area (Å²) in [7, 11) is 1.68. The average molecular weight is 456 g/mol. The number of ether oxygens (including phenoxy) is 1. The zero-order valence-electron chi connectivity index (χ0n) is 18.6. The molecule has 2 atom stereocenters. The van der Waals surface area contributed by atoms with Crippen molar-refractivity contribution in [2.24, 2.45) is 0 Å². The normalized spacial score (nSPS) is 17.8. The Kier molecular flexibility index (Phi) is 5.79. The Morgan fingerprint density at radius 3 is 2.55 bits per heavy atom.